The molecule has 0 fully saturated rings. The minimum Gasteiger partial charge on any atom is -0.348 e. The van der Waals surface area contributed by atoms with Gasteiger partial charge in [0.05, 0.1) is 0 Å². The van der Waals surface area contributed by atoms with Crippen LogP contribution in [0.25, 0.3) is 53.2 Å². The van der Waals surface area contributed by atoms with Gasteiger partial charge in [-0.15, -0.1) is 11.3 Å². The lowest BCUT2D eigenvalue weighted by molar-refractivity contribution is 0.590. The van der Waals surface area contributed by atoms with Crippen molar-refractivity contribution in [2.75, 3.05) is 16.2 Å². The molecule has 2 nitrogen and oxygen atoms in total. The first-order valence-electron chi connectivity index (χ1n) is 20.2. The van der Waals surface area contributed by atoms with Crippen molar-refractivity contribution < 1.29 is 0 Å². The summed E-state index contributed by atoms with van der Waals surface area (Å²) >= 11 is 1.90. The van der Waals surface area contributed by atoms with Crippen LogP contribution in [0.3, 0.4) is 0 Å². The predicted octanol–water partition coefficient (Wildman–Crippen LogP) is 13.5. The normalized spacial score (nSPS) is 13.5. The van der Waals surface area contributed by atoms with Crippen LogP contribution in [-0.4, -0.2) is 13.2 Å². The molecule has 57 heavy (non-hydrogen) atoms. The molecule has 3 heterocycles. The van der Waals surface area contributed by atoms with E-state index in [0.29, 0.717) is 0 Å². The van der Waals surface area contributed by atoms with E-state index in [2.05, 4.69) is 202 Å². The van der Waals surface area contributed by atoms with Crippen molar-refractivity contribution in [1.82, 2.24) is 0 Å². The Labute approximate surface area is 339 Å². The van der Waals surface area contributed by atoms with Gasteiger partial charge in [0.2, 0.25) is 6.71 Å². The molecule has 2 aliphatic heterocycles. The van der Waals surface area contributed by atoms with Gasteiger partial charge < -0.3 is 9.80 Å². The number of hydrogen-bond acceptors (Lipinski definition) is 3. The second-order valence-corrected chi connectivity index (χ2v) is 18.2. The van der Waals surface area contributed by atoms with E-state index in [1.54, 1.807) is 0 Å². The molecule has 0 amide bonds. The second kappa shape index (κ2) is 12.7. The lowest BCUT2D eigenvalue weighted by Crippen LogP contribution is -2.55. The number of rotatable bonds is 3. The van der Waals surface area contributed by atoms with Crippen LogP contribution in [0.15, 0.2) is 158 Å². The van der Waals surface area contributed by atoms with Crippen molar-refractivity contribution in [2.24, 2.45) is 0 Å². The third-order valence-corrected chi connectivity index (χ3v) is 13.6. The average molecular weight is 751 g/mol. The van der Waals surface area contributed by atoms with Gasteiger partial charge in [0.1, 0.15) is 0 Å². The van der Waals surface area contributed by atoms with Crippen LogP contribution in [-0.2, 0) is 5.41 Å². The Kier molecular flexibility index (Phi) is 7.62. The second-order valence-electron chi connectivity index (χ2n) is 17.1. The lowest BCUT2D eigenvalue weighted by atomic mass is 9.37. The monoisotopic (exact) mass is 750 g/mol. The molecule has 2 aliphatic rings. The number of aryl methyl sites for hydroxylation is 2. The number of nitrogens with zero attached hydrogens (tertiary/aromatic N) is 2. The zero-order chi connectivity index (χ0) is 38.6. The van der Waals surface area contributed by atoms with Gasteiger partial charge in [0.15, 0.2) is 0 Å². The summed E-state index contributed by atoms with van der Waals surface area (Å²) in [5.74, 6) is 0. The molecule has 1 aromatic heterocycles. The van der Waals surface area contributed by atoms with E-state index in [4.69, 9.17) is 0 Å². The Balaban J connectivity index is 1.21. The molecule has 9 aromatic rings. The minimum absolute atomic E-state index is 0.0754. The third kappa shape index (κ3) is 5.45. The van der Waals surface area contributed by atoms with Gasteiger partial charge in [0, 0.05) is 55.2 Å². The maximum absolute atomic E-state index is 2.62. The molecule has 274 valence electrons. The first kappa shape index (κ1) is 34.2. The fourth-order valence-corrected chi connectivity index (χ4v) is 10.7. The van der Waals surface area contributed by atoms with Crippen molar-refractivity contribution in [3.8, 4) is 22.3 Å². The van der Waals surface area contributed by atoms with Crippen molar-refractivity contribution in [2.45, 2.75) is 40.0 Å². The zero-order valence-corrected chi connectivity index (χ0v) is 33.9. The van der Waals surface area contributed by atoms with Crippen molar-refractivity contribution in [1.29, 1.82) is 0 Å². The number of fused-ring (bicyclic) bond motifs is 8. The maximum atomic E-state index is 2.62. The Hall–Kier alpha value is -6.10. The number of hydrogen-bond donors (Lipinski definition) is 0. The predicted molar refractivity (Wildman–Crippen MR) is 249 cm³/mol. The fraction of sp³-hybridized carbons (Fsp3) is 0.132. The van der Waals surface area contributed by atoms with Gasteiger partial charge in [-0.1, -0.05) is 124 Å². The molecular weight excluding hydrogens is 707 g/mol. The summed E-state index contributed by atoms with van der Waals surface area (Å²) in [7, 11) is 0. The largest absolute Gasteiger partial charge is 0.348 e. The molecule has 0 radical (unpaired) electrons. The summed E-state index contributed by atoms with van der Waals surface area (Å²) < 4.78 is 2.66. The number of thiophene rings is 1. The van der Waals surface area contributed by atoms with E-state index in [0.717, 1.165) is 6.44 Å². The molecule has 0 aliphatic carbocycles. The number of anilines is 5. The average Bonchev–Trinajstić information content (AvgIpc) is 3.52. The van der Waals surface area contributed by atoms with Crippen LogP contribution in [0.4, 0.5) is 28.4 Å². The molecule has 0 saturated carbocycles. The van der Waals surface area contributed by atoms with Crippen molar-refractivity contribution in [3.05, 3.63) is 174 Å². The van der Waals surface area contributed by atoms with Gasteiger partial charge in [-0.3, -0.25) is 0 Å². The topological polar surface area (TPSA) is 6.48 Å². The lowest BCUT2D eigenvalue weighted by Gasteiger charge is -2.39. The highest BCUT2D eigenvalue weighted by Crippen LogP contribution is 2.48. The Morgan fingerprint density at radius 3 is 2.05 bits per heavy atom. The smallest absolute Gasteiger partial charge is 0.236 e. The van der Waals surface area contributed by atoms with Crippen LogP contribution in [0.1, 0.15) is 37.5 Å². The summed E-state index contributed by atoms with van der Waals surface area (Å²) in [6.45, 7) is 11.6. The molecule has 0 N–H and O–H groups in total. The van der Waals surface area contributed by atoms with E-state index < -0.39 is 0 Å². The molecule has 0 unspecified atom stereocenters. The van der Waals surface area contributed by atoms with Crippen LogP contribution in [0.5, 0.6) is 0 Å². The first-order chi connectivity index (χ1) is 27.7. The number of benzene rings is 8. The fourth-order valence-electron chi connectivity index (χ4n) is 9.59. The van der Waals surface area contributed by atoms with Crippen molar-refractivity contribution >= 4 is 88.4 Å². The summed E-state index contributed by atoms with van der Waals surface area (Å²) in [5, 5.41) is 5.21. The Morgan fingerprint density at radius 1 is 0.544 bits per heavy atom. The molecule has 0 bridgehead atoms. The van der Waals surface area contributed by atoms with Crippen LogP contribution in [0.2, 0.25) is 0 Å². The molecular formula is C53H43BN2S. The van der Waals surface area contributed by atoms with E-state index in [-0.39, 0.29) is 12.1 Å². The SMILES string of the molecule is Cc1cc2c3c(c1)N(c1ccc(-c4ccccc4)cc1C)c1cc4sc5ccccc5c4cc1B3CN(c1ccc(C(C)(C)C)cc1)c1cc3ccccc3cc1-2. The highest BCUT2D eigenvalue weighted by Gasteiger charge is 2.41. The standard InChI is InChI=1S/C53H43BN2S/c1-33-25-44-42-28-36-15-9-10-16-37(36)29-47(42)55(40-22-20-39(21-23-40)53(3,4)5)32-54-45-30-43-41-17-11-12-18-50(41)57-51(43)31-48(45)56(49(26-33)52(44)54)46-24-19-38(27-34(46)2)35-13-7-6-8-14-35/h6-31H,32H2,1-5H3. The first-order valence-corrected chi connectivity index (χ1v) is 21.0. The van der Waals surface area contributed by atoms with E-state index in [1.807, 2.05) is 11.3 Å². The molecule has 0 spiro atoms. The summed E-state index contributed by atoms with van der Waals surface area (Å²) in [6.07, 6.45) is 0.823. The third-order valence-electron chi connectivity index (χ3n) is 12.4. The maximum Gasteiger partial charge on any atom is 0.236 e. The summed E-state index contributed by atoms with van der Waals surface area (Å²) in [6, 6.07) is 59.8. The molecule has 4 heteroatoms. The van der Waals surface area contributed by atoms with Gasteiger partial charge >= 0.3 is 0 Å². The van der Waals surface area contributed by atoms with Crippen LogP contribution in [0, 0.1) is 13.8 Å². The summed E-state index contributed by atoms with van der Waals surface area (Å²) in [4.78, 5) is 5.22. The van der Waals surface area contributed by atoms with Crippen LogP contribution >= 0.6 is 11.3 Å². The van der Waals surface area contributed by atoms with E-state index >= 15 is 0 Å². The van der Waals surface area contributed by atoms with E-state index in [9.17, 15) is 0 Å². The zero-order valence-electron chi connectivity index (χ0n) is 33.1. The molecule has 0 saturated heterocycles. The highest BCUT2D eigenvalue weighted by molar-refractivity contribution is 7.26. The van der Waals surface area contributed by atoms with Gasteiger partial charge in [-0.2, -0.15) is 0 Å². The quantitative estimate of drug-likeness (QED) is 0.166. The van der Waals surface area contributed by atoms with E-state index in [1.165, 1.54) is 109 Å². The van der Waals surface area contributed by atoms with Crippen molar-refractivity contribution in [3.63, 3.8) is 0 Å². The van der Waals surface area contributed by atoms with Gasteiger partial charge in [-0.25, -0.2) is 0 Å². The molecule has 8 aromatic carbocycles. The summed E-state index contributed by atoms with van der Waals surface area (Å²) in [5.41, 5.74) is 18.1. The molecule has 0 atom stereocenters. The highest BCUT2D eigenvalue weighted by atomic mass is 32.1. The molecule has 11 rings (SSSR count). The Morgan fingerprint density at radius 2 is 1.28 bits per heavy atom. The van der Waals surface area contributed by atoms with Gasteiger partial charge in [-0.05, 0) is 134 Å². The minimum atomic E-state index is 0.0754. The van der Waals surface area contributed by atoms with Gasteiger partial charge in [0.25, 0.3) is 0 Å². The Bertz CT molecular complexity index is 3060. The van der Waals surface area contributed by atoms with Crippen LogP contribution < -0.4 is 20.7 Å².